The number of carbonyl (C=O) groups is 2. The lowest BCUT2D eigenvalue weighted by atomic mass is 10.0. The van der Waals surface area contributed by atoms with Crippen LogP contribution in [0.4, 0.5) is 5.95 Å². The maximum absolute atomic E-state index is 9.10. The number of aliphatic carboxylic acids is 2. The summed E-state index contributed by atoms with van der Waals surface area (Å²) in [7, 11) is 3.70. The van der Waals surface area contributed by atoms with Gasteiger partial charge in [0.05, 0.1) is 19.0 Å². The van der Waals surface area contributed by atoms with Crippen molar-refractivity contribution in [3.05, 3.63) is 65.9 Å². The molecule has 0 saturated heterocycles. The quantitative estimate of drug-likeness (QED) is 0.512. The zero-order valence-corrected chi connectivity index (χ0v) is 18.0. The lowest BCUT2D eigenvalue weighted by Crippen LogP contribution is -2.09. The number of hydrogen-bond donors (Lipinski definition) is 3. The van der Waals surface area contributed by atoms with E-state index in [0.29, 0.717) is 5.92 Å². The van der Waals surface area contributed by atoms with Crippen molar-refractivity contribution in [1.29, 1.82) is 0 Å². The molecule has 0 bridgehead atoms. The van der Waals surface area contributed by atoms with Crippen molar-refractivity contribution in [2.75, 3.05) is 12.4 Å². The van der Waals surface area contributed by atoms with Gasteiger partial charge in [-0.25, -0.2) is 14.6 Å². The molecule has 2 aromatic carbocycles. The topological polar surface area (TPSA) is 114 Å². The van der Waals surface area contributed by atoms with Gasteiger partial charge in [-0.15, -0.1) is 0 Å². The zero-order valence-electron chi connectivity index (χ0n) is 18.0. The van der Waals surface area contributed by atoms with Crippen molar-refractivity contribution >= 4 is 17.9 Å². The van der Waals surface area contributed by atoms with E-state index >= 15 is 0 Å². The molecular formula is C23H27N3O5. The van der Waals surface area contributed by atoms with E-state index in [0.717, 1.165) is 29.5 Å². The molecular weight excluding hydrogens is 398 g/mol. The highest BCUT2D eigenvalue weighted by Gasteiger charge is 2.09. The van der Waals surface area contributed by atoms with Gasteiger partial charge in [0, 0.05) is 19.2 Å². The number of anilines is 1. The predicted molar refractivity (Wildman–Crippen MR) is 118 cm³/mol. The van der Waals surface area contributed by atoms with Crippen LogP contribution < -0.4 is 10.1 Å². The minimum absolute atomic E-state index is 0.559. The Morgan fingerprint density at radius 3 is 2.10 bits per heavy atom. The Bertz CT molecular complexity index is 997. The molecule has 3 rings (SSSR count). The monoisotopic (exact) mass is 425 g/mol. The van der Waals surface area contributed by atoms with Crippen LogP contribution in [-0.2, 0) is 23.2 Å². The van der Waals surface area contributed by atoms with Crippen LogP contribution in [-0.4, -0.2) is 38.8 Å². The van der Waals surface area contributed by atoms with Crippen molar-refractivity contribution < 1.29 is 24.5 Å². The van der Waals surface area contributed by atoms with Crippen molar-refractivity contribution in [2.45, 2.75) is 26.3 Å². The molecule has 0 spiro atoms. The molecule has 1 heterocycles. The van der Waals surface area contributed by atoms with E-state index in [1.807, 2.05) is 37.5 Å². The second kappa shape index (κ2) is 10.8. The van der Waals surface area contributed by atoms with Gasteiger partial charge in [-0.3, -0.25) is 0 Å². The van der Waals surface area contributed by atoms with Gasteiger partial charge >= 0.3 is 11.9 Å². The number of hydrogen-bond acceptors (Lipinski definition) is 5. The Hall–Kier alpha value is -3.81. The van der Waals surface area contributed by atoms with Crippen molar-refractivity contribution in [1.82, 2.24) is 9.55 Å². The fourth-order valence-electron chi connectivity index (χ4n) is 2.81. The smallest absolute Gasteiger partial charge is 0.414 e. The molecule has 164 valence electrons. The maximum atomic E-state index is 9.10. The maximum Gasteiger partial charge on any atom is 0.414 e. The molecule has 1 aromatic heterocycles. The zero-order chi connectivity index (χ0) is 23.0. The summed E-state index contributed by atoms with van der Waals surface area (Å²) in [6, 6.07) is 16.8. The second-order valence-electron chi connectivity index (χ2n) is 7.11. The lowest BCUT2D eigenvalue weighted by Gasteiger charge is -2.10. The number of aromatic nitrogens is 2. The van der Waals surface area contributed by atoms with Gasteiger partial charge in [-0.1, -0.05) is 38.1 Å². The molecule has 0 aliphatic rings. The summed E-state index contributed by atoms with van der Waals surface area (Å²) in [5.74, 6) is -1.37. The van der Waals surface area contributed by atoms with Crippen LogP contribution in [0.1, 0.15) is 30.9 Å². The van der Waals surface area contributed by atoms with E-state index in [2.05, 4.69) is 53.0 Å². The molecule has 0 aliphatic carbocycles. The normalized spacial score (nSPS) is 10.2. The summed E-state index contributed by atoms with van der Waals surface area (Å²) in [4.78, 5) is 22.7. The molecule has 31 heavy (non-hydrogen) atoms. The third-order valence-electron chi connectivity index (χ3n) is 4.65. The summed E-state index contributed by atoms with van der Waals surface area (Å²) in [5.41, 5.74) is 4.80. The Morgan fingerprint density at radius 2 is 1.61 bits per heavy atom. The minimum atomic E-state index is -1.82. The van der Waals surface area contributed by atoms with Crippen molar-refractivity contribution in [2.24, 2.45) is 7.05 Å². The Morgan fingerprint density at radius 1 is 1.03 bits per heavy atom. The second-order valence-corrected chi connectivity index (χ2v) is 7.11. The van der Waals surface area contributed by atoms with Crippen molar-refractivity contribution in [3.63, 3.8) is 0 Å². The van der Waals surface area contributed by atoms with Crippen LogP contribution in [0.2, 0.25) is 0 Å². The number of benzene rings is 2. The van der Waals surface area contributed by atoms with Gasteiger partial charge in [0.25, 0.3) is 0 Å². The van der Waals surface area contributed by atoms with Gasteiger partial charge in [0.15, 0.2) is 0 Å². The van der Waals surface area contributed by atoms with E-state index in [1.54, 1.807) is 7.11 Å². The molecule has 0 unspecified atom stereocenters. The highest BCUT2D eigenvalue weighted by molar-refractivity contribution is 6.27. The summed E-state index contributed by atoms with van der Waals surface area (Å²) >= 11 is 0. The predicted octanol–water partition coefficient (Wildman–Crippen LogP) is 3.99. The Labute approximate surface area is 181 Å². The number of nitrogens with zero attached hydrogens (tertiary/aromatic N) is 2. The molecule has 0 amide bonds. The summed E-state index contributed by atoms with van der Waals surface area (Å²) in [6.45, 7) is 5.18. The first-order chi connectivity index (χ1) is 14.7. The Balaban J connectivity index is 0.000000501. The number of methoxy groups -OCH3 is 1. The summed E-state index contributed by atoms with van der Waals surface area (Å²) in [6.07, 6.45) is 1.89. The molecule has 0 atom stereocenters. The first-order valence-corrected chi connectivity index (χ1v) is 9.68. The van der Waals surface area contributed by atoms with E-state index in [4.69, 9.17) is 24.5 Å². The molecule has 0 radical (unpaired) electrons. The Kier molecular flexibility index (Phi) is 8.19. The highest BCUT2D eigenvalue weighted by Crippen LogP contribution is 2.24. The SMILES string of the molecule is COc1ccc(-c2cnc(NCc3ccc(C(C)C)cc3)n2C)cc1.O=C(O)C(=O)O. The third kappa shape index (κ3) is 6.60. The fourth-order valence-corrected chi connectivity index (χ4v) is 2.81. The minimum Gasteiger partial charge on any atom is -0.497 e. The number of rotatable bonds is 6. The molecule has 0 fully saturated rings. The average Bonchev–Trinajstić information content (AvgIpc) is 3.13. The van der Waals surface area contributed by atoms with Gasteiger partial charge in [0.2, 0.25) is 5.95 Å². The van der Waals surface area contributed by atoms with Crippen molar-refractivity contribution in [3.8, 4) is 17.0 Å². The largest absolute Gasteiger partial charge is 0.497 e. The standard InChI is InChI=1S/C21H25N3O.C2H2O4/c1-15(2)17-7-5-16(6-8-17)13-22-21-23-14-20(24(21)3)18-9-11-19(25-4)12-10-18;3-1(4)2(5)6/h5-12,14-15H,13H2,1-4H3,(H,22,23);(H,3,4)(H,5,6). The van der Waals surface area contributed by atoms with E-state index in [1.165, 1.54) is 11.1 Å². The number of ether oxygens (including phenoxy) is 1. The van der Waals surface area contributed by atoms with Crippen LogP contribution in [0.25, 0.3) is 11.3 Å². The third-order valence-corrected chi connectivity index (χ3v) is 4.65. The van der Waals surface area contributed by atoms with Crippen LogP contribution in [0.3, 0.4) is 0 Å². The number of imidazole rings is 1. The van der Waals surface area contributed by atoms with Crippen LogP contribution in [0.5, 0.6) is 5.75 Å². The molecule has 0 saturated carbocycles. The lowest BCUT2D eigenvalue weighted by molar-refractivity contribution is -0.159. The van der Waals surface area contributed by atoms with E-state index < -0.39 is 11.9 Å². The molecule has 3 N–H and O–H groups in total. The first kappa shape index (κ1) is 23.5. The number of nitrogens with one attached hydrogen (secondary N) is 1. The summed E-state index contributed by atoms with van der Waals surface area (Å²) < 4.78 is 7.29. The number of carboxylic acid groups (broad SMARTS) is 2. The van der Waals surface area contributed by atoms with Crippen LogP contribution >= 0.6 is 0 Å². The molecule has 8 heteroatoms. The van der Waals surface area contributed by atoms with Crippen LogP contribution in [0, 0.1) is 0 Å². The highest BCUT2D eigenvalue weighted by atomic mass is 16.5. The van der Waals surface area contributed by atoms with Gasteiger partial charge < -0.3 is 24.8 Å². The van der Waals surface area contributed by atoms with Crippen LogP contribution in [0.15, 0.2) is 54.7 Å². The molecule has 0 aliphatic heterocycles. The molecule has 8 nitrogen and oxygen atoms in total. The fraction of sp³-hybridized carbons (Fsp3) is 0.261. The number of carboxylic acids is 2. The summed E-state index contributed by atoms with van der Waals surface area (Å²) in [5, 5.41) is 18.2. The van der Waals surface area contributed by atoms with E-state index in [-0.39, 0.29) is 0 Å². The van der Waals surface area contributed by atoms with Gasteiger partial charge in [-0.2, -0.15) is 0 Å². The van der Waals surface area contributed by atoms with Gasteiger partial charge in [0.1, 0.15) is 5.75 Å². The van der Waals surface area contributed by atoms with Gasteiger partial charge in [-0.05, 0) is 41.3 Å². The van der Waals surface area contributed by atoms with E-state index in [9.17, 15) is 0 Å². The average molecular weight is 425 g/mol. The first-order valence-electron chi connectivity index (χ1n) is 9.68. The molecule has 3 aromatic rings.